The summed E-state index contributed by atoms with van der Waals surface area (Å²) in [6.07, 6.45) is 5.16. The van der Waals surface area contributed by atoms with Crippen LogP contribution in [0, 0.1) is 5.92 Å². The molecule has 1 aromatic rings. The minimum absolute atomic E-state index is 0.138. The Morgan fingerprint density at radius 1 is 1.42 bits per heavy atom. The molecule has 0 aromatic heterocycles. The standard InChI is InChI=1S/C16H25NO2/c1-4-13(9-12-5-6-12)17-11(2)15-10-14(19-3)7-8-16(15)18/h7-8,10-13,17-18H,4-6,9H2,1-3H3. The lowest BCUT2D eigenvalue weighted by atomic mass is 10.0. The van der Waals surface area contributed by atoms with Crippen molar-refractivity contribution in [1.29, 1.82) is 0 Å². The summed E-state index contributed by atoms with van der Waals surface area (Å²) in [4.78, 5) is 0. The first-order chi connectivity index (χ1) is 9.13. The second-order valence-electron chi connectivity index (χ2n) is 5.60. The van der Waals surface area contributed by atoms with Crippen LogP contribution in [0.5, 0.6) is 11.5 Å². The summed E-state index contributed by atoms with van der Waals surface area (Å²) in [5.41, 5.74) is 0.911. The fourth-order valence-electron chi connectivity index (χ4n) is 2.56. The van der Waals surface area contributed by atoms with Crippen LogP contribution >= 0.6 is 0 Å². The Balaban J connectivity index is 2.02. The number of hydrogen-bond donors (Lipinski definition) is 2. The van der Waals surface area contributed by atoms with Crippen molar-refractivity contribution in [2.24, 2.45) is 5.92 Å². The van der Waals surface area contributed by atoms with Crippen LogP contribution in [0.1, 0.15) is 51.1 Å². The zero-order valence-corrected chi connectivity index (χ0v) is 12.1. The van der Waals surface area contributed by atoms with Crippen LogP contribution < -0.4 is 10.1 Å². The Kier molecular flexibility index (Phi) is 4.70. The Morgan fingerprint density at radius 2 is 2.16 bits per heavy atom. The summed E-state index contributed by atoms with van der Waals surface area (Å²) >= 11 is 0. The van der Waals surface area contributed by atoms with Crippen molar-refractivity contribution in [1.82, 2.24) is 5.32 Å². The second-order valence-corrected chi connectivity index (χ2v) is 5.60. The van der Waals surface area contributed by atoms with Gasteiger partial charge in [0.2, 0.25) is 0 Å². The fraction of sp³-hybridized carbons (Fsp3) is 0.625. The van der Waals surface area contributed by atoms with Crippen LogP contribution in [-0.4, -0.2) is 18.3 Å². The Labute approximate surface area is 116 Å². The van der Waals surface area contributed by atoms with Crippen LogP contribution in [0.15, 0.2) is 18.2 Å². The molecular weight excluding hydrogens is 238 g/mol. The van der Waals surface area contributed by atoms with Gasteiger partial charge in [-0.2, -0.15) is 0 Å². The molecule has 0 saturated heterocycles. The van der Waals surface area contributed by atoms with Gasteiger partial charge < -0.3 is 15.2 Å². The molecule has 0 amide bonds. The zero-order chi connectivity index (χ0) is 13.8. The lowest BCUT2D eigenvalue weighted by Gasteiger charge is -2.23. The lowest BCUT2D eigenvalue weighted by molar-refractivity contribution is 0.384. The van der Waals surface area contributed by atoms with E-state index in [2.05, 4.69) is 19.2 Å². The minimum atomic E-state index is 0.138. The average Bonchev–Trinajstić information content (AvgIpc) is 3.22. The van der Waals surface area contributed by atoms with E-state index in [0.29, 0.717) is 11.8 Å². The summed E-state index contributed by atoms with van der Waals surface area (Å²) in [5, 5.41) is 13.6. The van der Waals surface area contributed by atoms with Crippen LogP contribution in [0.3, 0.4) is 0 Å². The monoisotopic (exact) mass is 263 g/mol. The molecule has 1 aliphatic rings. The fourth-order valence-corrected chi connectivity index (χ4v) is 2.56. The second kappa shape index (κ2) is 6.29. The number of methoxy groups -OCH3 is 1. The first-order valence-corrected chi connectivity index (χ1v) is 7.27. The number of rotatable bonds is 7. The molecule has 0 aliphatic heterocycles. The van der Waals surface area contributed by atoms with Crippen LogP contribution in [-0.2, 0) is 0 Å². The van der Waals surface area contributed by atoms with Crippen molar-refractivity contribution in [2.45, 2.75) is 51.6 Å². The summed E-state index contributed by atoms with van der Waals surface area (Å²) < 4.78 is 5.23. The maximum absolute atomic E-state index is 9.99. The molecule has 0 bridgehead atoms. The van der Waals surface area contributed by atoms with Crippen molar-refractivity contribution in [3.05, 3.63) is 23.8 Å². The maximum Gasteiger partial charge on any atom is 0.120 e. The van der Waals surface area contributed by atoms with Crippen LogP contribution in [0.25, 0.3) is 0 Å². The molecule has 106 valence electrons. The van der Waals surface area contributed by atoms with Crippen LogP contribution in [0.2, 0.25) is 0 Å². The molecule has 0 radical (unpaired) electrons. The van der Waals surface area contributed by atoms with Crippen molar-refractivity contribution >= 4 is 0 Å². The summed E-state index contributed by atoms with van der Waals surface area (Å²) in [5.74, 6) is 2.04. The van der Waals surface area contributed by atoms with Crippen molar-refractivity contribution in [3.8, 4) is 11.5 Å². The highest BCUT2D eigenvalue weighted by atomic mass is 16.5. The maximum atomic E-state index is 9.99. The molecule has 3 heteroatoms. The van der Waals surface area contributed by atoms with E-state index in [4.69, 9.17) is 4.74 Å². The molecule has 19 heavy (non-hydrogen) atoms. The number of benzene rings is 1. The lowest BCUT2D eigenvalue weighted by Crippen LogP contribution is -2.31. The first kappa shape index (κ1) is 14.2. The third-order valence-corrected chi connectivity index (χ3v) is 3.99. The number of phenolic OH excluding ortho intramolecular Hbond substituents is 1. The van der Waals surface area contributed by atoms with Gasteiger partial charge in [0.05, 0.1) is 7.11 Å². The highest BCUT2D eigenvalue weighted by Gasteiger charge is 2.25. The summed E-state index contributed by atoms with van der Waals surface area (Å²) in [6.45, 7) is 4.32. The third-order valence-electron chi connectivity index (χ3n) is 3.99. The molecule has 2 atom stereocenters. The van der Waals surface area contributed by atoms with Crippen molar-refractivity contribution < 1.29 is 9.84 Å². The zero-order valence-electron chi connectivity index (χ0n) is 12.1. The topological polar surface area (TPSA) is 41.5 Å². The normalized spacial score (nSPS) is 18.1. The molecule has 1 saturated carbocycles. The van der Waals surface area contributed by atoms with E-state index in [1.54, 1.807) is 19.2 Å². The SMILES string of the molecule is CCC(CC1CC1)NC(C)c1cc(OC)ccc1O. The molecule has 0 spiro atoms. The minimum Gasteiger partial charge on any atom is -0.508 e. The molecule has 1 fully saturated rings. The first-order valence-electron chi connectivity index (χ1n) is 7.27. The van der Waals surface area contributed by atoms with Gasteiger partial charge in [-0.1, -0.05) is 19.8 Å². The highest BCUT2D eigenvalue weighted by Crippen LogP contribution is 2.35. The van der Waals surface area contributed by atoms with E-state index < -0.39 is 0 Å². The molecular formula is C16H25NO2. The predicted molar refractivity (Wildman–Crippen MR) is 77.6 cm³/mol. The number of phenols is 1. The number of aromatic hydroxyl groups is 1. The van der Waals surface area contributed by atoms with Gasteiger partial charge in [-0.3, -0.25) is 0 Å². The molecule has 2 unspecified atom stereocenters. The van der Waals surface area contributed by atoms with E-state index in [-0.39, 0.29) is 6.04 Å². The quantitative estimate of drug-likeness (QED) is 0.789. The smallest absolute Gasteiger partial charge is 0.120 e. The van der Waals surface area contributed by atoms with Crippen molar-refractivity contribution in [3.63, 3.8) is 0 Å². The molecule has 1 aromatic carbocycles. The van der Waals surface area contributed by atoms with Gasteiger partial charge in [0.1, 0.15) is 11.5 Å². The highest BCUT2D eigenvalue weighted by molar-refractivity contribution is 5.41. The summed E-state index contributed by atoms with van der Waals surface area (Å²) in [6, 6.07) is 6.07. The Hall–Kier alpha value is -1.22. The van der Waals surface area contributed by atoms with E-state index in [0.717, 1.165) is 23.7 Å². The van der Waals surface area contributed by atoms with Crippen LogP contribution in [0.4, 0.5) is 0 Å². The number of nitrogens with one attached hydrogen (secondary N) is 1. The Bertz CT molecular complexity index is 415. The van der Waals surface area contributed by atoms with Gasteiger partial charge in [0.25, 0.3) is 0 Å². The van der Waals surface area contributed by atoms with Gasteiger partial charge in [0.15, 0.2) is 0 Å². The van der Waals surface area contributed by atoms with Gasteiger partial charge in [0, 0.05) is 17.6 Å². The van der Waals surface area contributed by atoms with Gasteiger partial charge in [-0.05, 0) is 43.9 Å². The van der Waals surface area contributed by atoms with Crippen molar-refractivity contribution in [2.75, 3.05) is 7.11 Å². The third kappa shape index (κ3) is 3.87. The summed E-state index contributed by atoms with van der Waals surface area (Å²) in [7, 11) is 1.65. The number of hydrogen-bond acceptors (Lipinski definition) is 3. The Morgan fingerprint density at radius 3 is 2.74 bits per heavy atom. The average molecular weight is 263 g/mol. The van der Waals surface area contributed by atoms with E-state index in [9.17, 15) is 5.11 Å². The largest absolute Gasteiger partial charge is 0.508 e. The molecule has 3 nitrogen and oxygen atoms in total. The van der Waals surface area contributed by atoms with E-state index in [1.807, 2.05) is 6.07 Å². The van der Waals surface area contributed by atoms with Gasteiger partial charge in [-0.25, -0.2) is 0 Å². The molecule has 2 rings (SSSR count). The van der Waals surface area contributed by atoms with E-state index in [1.165, 1.54) is 19.3 Å². The predicted octanol–water partition coefficient (Wildman–Crippen LogP) is 3.63. The van der Waals surface area contributed by atoms with E-state index >= 15 is 0 Å². The molecule has 1 aliphatic carbocycles. The molecule has 0 heterocycles. The molecule has 2 N–H and O–H groups in total. The van der Waals surface area contributed by atoms with Gasteiger partial charge >= 0.3 is 0 Å². The number of ether oxygens (including phenoxy) is 1. The van der Waals surface area contributed by atoms with Gasteiger partial charge in [-0.15, -0.1) is 0 Å².